The van der Waals surface area contributed by atoms with Crippen molar-refractivity contribution in [3.63, 3.8) is 0 Å². The second kappa shape index (κ2) is 4.55. The van der Waals surface area contributed by atoms with E-state index in [0.29, 0.717) is 0 Å². The smallest absolute Gasteiger partial charge is 0.0260 e. The normalized spacial score (nSPS) is 11.5. The van der Waals surface area contributed by atoms with Crippen LogP contribution in [0.1, 0.15) is 25.0 Å². The Morgan fingerprint density at radius 3 is 1.33 bits per heavy atom. The maximum absolute atomic E-state index is 2.12. The summed E-state index contributed by atoms with van der Waals surface area (Å²) in [5.74, 6) is 0. The molecule has 62 valence electrons. The van der Waals surface area contributed by atoms with E-state index in [2.05, 4.69) is 36.4 Å². The molecule has 0 aliphatic carbocycles. The van der Waals surface area contributed by atoms with E-state index in [-0.39, 0.29) is 0 Å². The van der Waals surface area contributed by atoms with E-state index in [4.69, 9.17) is 0 Å². The third kappa shape index (κ3) is 2.39. The summed E-state index contributed by atoms with van der Waals surface area (Å²) < 4.78 is 0. The van der Waals surface area contributed by atoms with Crippen LogP contribution >= 0.6 is 0 Å². The molecule has 0 saturated heterocycles. The first-order valence-corrected chi connectivity index (χ1v) is 4.22. The Balaban J connectivity index is 2.85. The van der Waals surface area contributed by atoms with Gasteiger partial charge in [0.25, 0.3) is 0 Å². The Bertz CT molecular complexity index is 244. The molecule has 0 aromatic heterocycles. The van der Waals surface area contributed by atoms with E-state index >= 15 is 0 Å². The van der Waals surface area contributed by atoms with Gasteiger partial charge in [0.2, 0.25) is 0 Å². The molecule has 0 unspecified atom stereocenters. The number of hydrogen-bond donors (Lipinski definition) is 0. The van der Waals surface area contributed by atoms with Gasteiger partial charge in [-0.15, -0.1) is 0 Å². The summed E-state index contributed by atoms with van der Waals surface area (Å²) in [5, 5.41) is 0. The van der Waals surface area contributed by atoms with Gasteiger partial charge in [-0.25, -0.2) is 0 Å². The van der Waals surface area contributed by atoms with Crippen LogP contribution in [0, 0.1) is 0 Å². The highest BCUT2D eigenvalue weighted by molar-refractivity contribution is 5.55. The molecule has 1 rings (SSSR count). The topological polar surface area (TPSA) is 0 Å². The standard InChI is InChI=1S/C12H14/c1-3-5-11-7-9-12(6-4-2)10-8-11/h3-10H,1-2H3/b5-3-,6-4+. The first-order chi connectivity index (χ1) is 5.86. The molecule has 0 saturated carbocycles. The lowest BCUT2D eigenvalue weighted by molar-refractivity contribution is 1.60. The summed E-state index contributed by atoms with van der Waals surface area (Å²) in [4.78, 5) is 0. The molecule has 0 nitrogen and oxygen atoms in total. The van der Waals surface area contributed by atoms with E-state index < -0.39 is 0 Å². The molecule has 1 aromatic rings. The lowest BCUT2D eigenvalue weighted by Gasteiger charge is -1.94. The molecule has 0 heterocycles. The molecule has 0 spiro atoms. The van der Waals surface area contributed by atoms with Crippen LogP contribution in [0.3, 0.4) is 0 Å². The highest BCUT2D eigenvalue weighted by Gasteiger charge is 1.85. The molecule has 0 N–H and O–H groups in total. The van der Waals surface area contributed by atoms with Crippen molar-refractivity contribution in [1.82, 2.24) is 0 Å². The van der Waals surface area contributed by atoms with Crippen molar-refractivity contribution in [3.8, 4) is 0 Å². The van der Waals surface area contributed by atoms with Crippen LogP contribution in [-0.4, -0.2) is 0 Å². The van der Waals surface area contributed by atoms with Crippen LogP contribution in [-0.2, 0) is 0 Å². The van der Waals surface area contributed by atoms with Crippen molar-refractivity contribution in [2.75, 3.05) is 0 Å². The van der Waals surface area contributed by atoms with Gasteiger partial charge in [-0.1, -0.05) is 48.6 Å². The van der Waals surface area contributed by atoms with Crippen LogP contribution in [0.4, 0.5) is 0 Å². The minimum absolute atomic E-state index is 1.26. The van der Waals surface area contributed by atoms with Gasteiger partial charge in [-0.05, 0) is 25.0 Å². The molecule has 0 aliphatic heterocycles. The molecule has 0 heteroatoms. The van der Waals surface area contributed by atoms with Crippen LogP contribution in [0.5, 0.6) is 0 Å². The summed E-state index contributed by atoms with van der Waals surface area (Å²) in [5.41, 5.74) is 2.51. The second-order valence-electron chi connectivity index (χ2n) is 2.67. The van der Waals surface area contributed by atoms with E-state index in [0.717, 1.165) is 0 Å². The van der Waals surface area contributed by atoms with Crippen molar-refractivity contribution in [2.24, 2.45) is 0 Å². The Morgan fingerprint density at radius 1 is 0.750 bits per heavy atom. The summed E-state index contributed by atoms with van der Waals surface area (Å²) in [6.07, 6.45) is 8.29. The van der Waals surface area contributed by atoms with Crippen molar-refractivity contribution >= 4 is 12.2 Å². The Hall–Kier alpha value is -1.30. The molecule has 0 atom stereocenters. The summed E-state index contributed by atoms with van der Waals surface area (Å²) in [7, 11) is 0. The van der Waals surface area contributed by atoms with Gasteiger partial charge in [0.05, 0.1) is 0 Å². The van der Waals surface area contributed by atoms with Crippen LogP contribution in [0.25, 0.3) is 12.2 Å². The largest absolute Gasteiger partial charge is 0.0871 e. The van der Waals surface area contributed by atoms with E-state index in [1.807, 2.05) is 26.0 Å². The summed E-state index contributed by atoms with van der Waals surface area (Å²) >= 11 is 0. The first kappa shape index (κ1) is 8.79. The lowest BCUT2D eigenvalue weighted by atomic mass is 10.1. The fourth-order valence-electron chi connectivity index (χ4n) is 1.10. The molecule has 12 heavy (non-hydrogen) atoms. The highest BCUT2D eigenvalue weighted by atomic mass is 13.9. The molecular weight excluding hydrogens is 144 g/mol. The monoisotopic (exact) mass is 158 g/mol. The molecule has 1 aromatic carbocycles. The van der Waals surface area contributed by atoms with Gasteiger partial charge in [-0.3, -0.25) is 0 Å². The van der Waals surface area contributed by atoms with Crippen LogP contribution < -0.4 is 0 Å². The molecule has 0 amide bonds. The van der Waals surface area contributed by atoms with E-state index in [1.165, 1.54) is 11.1 Å². The predicted molar refractivity (Wildman–Crippen MR) is 55.9 cm³/mol. The summed E-state index contributed by atoms with van der Waals surface area (Å²) in [6.45, 7) is 4.06. The number of allylic oxidation sites excluding steroid dienone is 2. The maximum atomic E-state index is 2.12. The Kier molecular flexibility index (Phi) is 3.34. The van der Waals surface area contributed by atoms with E-state index in [9.17, 15) is 0 Å². The van der Waals surface area contributed by atoms with E-state index in [1.54, 1.807) is 0 Å². The molecular formula is C12H14. The molecule has 0 fully saturated rings. The molecule has 0 radical (unpaired) electrons. The zero-order valence-electron chi connectivity index (χ0n) is 7.62. The fourth-order valence-corrected chi connectivity index (χ4v) is 1.10. The number of rotatable bonds is 2. The molecule has 0 aliphatic rings. The SMILES string of the molecule is C/C=C\c1ccc(/C=C/C)cc1. The highest BCUT2D eigenvalue weighted by Crippen LogP contribution is 2.07. The van der Waals surface area contributed by atoms with Gasteiger partial charge in [0.1, 0.15) is 0 Å². The lowest BCUT2D eigenvalue weighted by Crippen LogP contribution is -1.73. The van der Waals surface area contributed by atoms with Gasteiger partial charge in [0, 0.05) is 0 Å². The van der Waals surface area contributed by atoms with Crippen molar-refractivity contribution < 1.29 is 0 Å². The number of benzene rings is 1. The van der Waals surface area contributed by atoms with Gasteiger partial charge in [0.15, 0.2) is 0 Å². The summed E-state index contributed by atoms with van der Waals surface area (Å²) in [6, 6.07) is 8.48. The average Bonchev–Trinajstić information content (AvgIpc) is 2.09. The predicted octanol–water partition coefficient (Wildman–Crippen LogP) is 3.75. The zero-order chi connectivity index (χ0) is 8.81. The van der Waals surface area contributed by atoms with Gasteiger partial charge in [-0.2, -0.15) is 0 Å². The first-order valence-electron chi connectivity index (χ1n) is 4.22. The second-order valence-corrected chi connectivity index (χ2v) is 2.67. The maximum Gasteiger partial charge on any atom is -0.0260 e. The van der Waals surface area contributed by atoms with Gasteiger partial charge >= 0.3 is 0 Å². The van der Waals surface area contributed by atoms with Crippen molar-refractivity contribution in [3.05, 3.63) is 47.5 Å². The minimum Gasteiger partial charge on any atom is -0.0871 e. The van der Waals surface area contributed by atoms with Crippen molar-refractivity contribution in [2.45, 2.75) is 13.8 Å². The minimum atomic E-state index is 1.26. The Morgan fingerprint density at radius 2 is 1.08 bits per heavy atom. The third-order valence-electron chi connectivity index (χ3n) is 1.65. The fraction of sp³-hybridized carbons (Fsp3) is 0.167. The zero-order valence-corrected chi connectivity index (χ0v) is 7.62. The van der Waals surface area contributed by atoms with Crippen LogP contribution in [0.15, 0.2) is 36.4 Å². The average molecular weight is 158 g/mol. The van der Waals surface area contributed by atoms with Crippen LogP contribution in [0.2, 0.25) is 0 Å². The third-order valence-corrected chi connectivity index (χ3v) is 1.65. The molecule has 0 bridgehead atoms. The quantitative estimate of drug-likeness (QED) is 0.615. The Labute approximate surface area is 74.2 Å². The number of hydrogen-bond acceptors (Lipinski definition) is 0. The van der Waals surface area contributed by atoms with Gasteiger partial charge < -0.3 is 0 Å². The van der Waals surface area contributed by atoms with Crippen molar-refractivity contribution in [1.29, 1.82) is 0 Å².